The summed E-state index contributed by atoms with van der Waals surface area (Å²) in [5.74, 6) is 0.240. The van der Waals surface area contributed by atoms with Crippen LogP contribution in [-0.2, 0) is 11.2 Å². The van der Waals surface area contributed by atoms with Gasteiger partial charge in [-0.2, -0.15) is 5.26 Å². The van der Waals surface area contributed by atoms with Gasteiger partial charge in [0.15, 0.2) is 0 Å². The molecule has 1 aromatic carbocycles. The van der Waals surface area contributed by atoms with Crippen molar-refractivity contribution in [1.82, 2.24) is 10.2 Å². The lowest BCUT2D eigenvalue weighted by Crippen LogP contribution is -2.60. The highest BCUT2D eigenvalue weighted by Gasteiger charge is 2.45. The van der Waals surface area contributed by atoms with Gasteiger partial charge >= 0.3 is 0 Å². The summed E-state index contributed by atoms with van der Waals surface area (Å²) in [4.78, 5) is 0. The van der Waals surface area contributed by atoms with Crippen molar-refractivity contribution in [2.75, 3.05) is 6.61 Å². The second-order valence-corrected chi connectivity index (χ2v) is 7.34. The van der Waals surface area contributed by atoms with Crippen LogP contribution in [0.1, 0.15) is 42.1 Å². The predicted octanol–water partition coefficient (Wildman–Crippen LogP) is 0.174. The highest BCUT2D eigenvalue weighted by atomic mass is 16.7. The zero-order valence-electron chi connectivity index (χ0n) is 16.2. The maximum atomic E-state index is 10.2. The molecule has 29 heavy (non-hydrogen) atoms. The number of hydrogen-bond acceptors (Lipinski definition) is 8. The van der Waals surface area contributed by atoms with E-state index >= 15 is 0 Å². The average Bonchev–Trinajstić information content (AvgIpc) is 3.11. The lowest BCUT2D eigenvalue weighted by atomic mass is 9.96. The Morgan fingerprint density at radius 3 is 2.59 bits per heavy atom. The highest BCUT2D eigenvalue weighted by Crippen LogP contribution is 2.31. The number of H-pyrrole nitrogens is 1. The Morgan fingerprint density at radius 1 is 1.21 bits per heavy atom. The summed E-state index contributed by atoms with van der Waals surface area (Å²) in [6.07, 6.45) is -6.60. The first-order valence-electron chi connectivity index (χ1n) is 9.39. The molecular weight excluding hydrogens is 378 g/mol. The first-order chi connectivity index (χ1) is 13.9. The molecule has 1 aliphatic heterocycles. The third-order valence-electron chi connectivity index (χ3n) is 5.02. The van der Waals surface area contributed by atoms with Gasteiger partial charge in [0, 0.05) is 17.7 Å². The van der Waals surface area contributed by atoms with Crippen molar-refractivity contribution in [3.8, 4) is 11.9 Å². The maximum Gasteiger partial charge on any atom is 0.238 e. The minimum absolute atomic E-state index is 0.0823. The zero-order valence-corrected chi connectivity index (χ0v) is 16.2. The van der Waals surface area contributed by atoms with E-state index < -0.39 is 37.3 Å². The van der Waals surface area contributed by atoms with E-state index in [2.05, 4.69) is 16.3 Å². The van der Waals surface area contributed by atoms with Gasteiger partial charge in [-0.25, -0.2) is 0 Å². The van der Waals surface area contributed by atoms with Crippen molar-refractivity contribution in [2.24, 2.45) is 0 Å². The van der Waals surface area contributed by atoms with Crippen molar-refractivity contribution in [1.29, 1.82) is 5.26 Å². The molecule has 0 saturated carbocycles. The van der Waals surface area contributed by atoms with Crippen LogP contribution in [0.2, 0.25) is 0 Å². The first-order valence-corrected chi connectivity index (χ1v) is 9.39. The van der Waals surface area contributed by atoms with Gasteiger partial charge in [-0.1, -0.05) is 32.0 Å². The number of ether oxygens (including phenoxy) is 2. The molecule has 0 unspecified atom stereocenters. The summed E-state index contributed by atoms with van der Waals surface area (Å²) in [7, 11) is 0. The van der Waals surface area contributed by atoms with Crippen LogP contribution in [0.4, 0.5) is 0 Å². The molecule has 1 aliphatic rings. The minimum atomic E-state index is -1.54. The molecule has 0 bridgehead atoms. The Hall–Kier alpha value is -2.48. The van der Waals surface area contributed by atoms with E-state index in [9.17, 15) is 25.7 Å². The fraction of sp³-hybridized carbons (Fsp3) is 0.500. The van der Waals surface area contributed by atoms with Crippen LogP contribution >= 0.6 is 0 Å². The van der Waals surface area contributed by atoms with Gasteiger partial charge in [-0.15, -0.1) is 5.10 Å². The fourth-order valence-electron chi connectivity index (χ4n) is 3.36. The molecule has 5 N–H and O–H groups in total. The number of benzene rings is 1. The number of nitrogens with zero attached hydrogens (tertiary/aromatic N) is 2. The van der Waals surface area contributed by atoms with Gasteiger partial charge < -0.3 is 29.9 Å². The molecule has 1 saturated heterocycles. The van der Waals surface area contributed by atoms with Gasteiger partial charge in [0.1, 0.15) is 24.4 Å². The van der Waals surface area contributed by atoms with E-state index in [1.165, 1.54) is 0 Å². The summed E-state index contributed by atoms with van der Waals surface area (Å²) >= 11 is 0. The number of hydrogen-bond donors (Lipinski definition) is 5. The van der Waals surface area contributed by atoms with Crippen LogP contribution in [0.5, 0.6) is 5.88 Å². The topological polar surface area (TPSA) is 152 Å². The third kappa shape index (κ3) is 4.27. The SMILES string of the molecule is CC(C)c1[nH]nc(O[C@@H]2O[C@H](CO)[C@@H](O)[C@H](O)[C@H]2O)c1Cc1ccccc1C#N. The van der Waals surface area contributed by atoms with Crippen LogP contribution in [-0.4, -0.2) is 67.9 Å². The largest absolute Gasteiger partial charge is 0.443 e. The zero-order chi connectivity index (χ0) is 21.1. The molecule has 0 aliphatic carbocycles. The molecule has 2 heterocycles. The molecule has 9 nitrogen and oxygen atoms in total. The van der Waals surface area contributed by atoms with E-state index in [1.54, 1.807) is 12.1 Å². The second-order valence-electron chi connectivity index (χ2n) is 7.34. The van der Waals surface area contributed by atoms with E-state index in [-0.39, 0.29) is 11.8 Å². The molecule has 2 aromatic rings. The molecule has 0 amide bonds. The smallest absolute Gasteiger partial charge is 0.238 e. The quantitative estimate of drug-likeness (QED) is 0.458. The van der Waals surface area contributed by atoms with Crippen LogP contribution in [0, 0.1) is 11.3 Å². The van der Waals surface area contributed by atoms with Crippen molar-refractivity contribution in [3.05, 3.63) is 46.6 Å². The number of rotatable bonds is 6. The number of nitrogens with one attached hydrogen (secondary N) is 1. The summed E-state index contributed by atoms with van der Waals surface area (Å²) in [5, 5.41) is 56.0. The Bertz CT molecular complexity index is 875. The fourth-order valence-corrected chi connectivity index (χ4v) is 3.36. The van der Waals surface area contributed by atoms with Crippen molar-refractivity contribution in [3.63, 3.8) is 0 Å². The maximum absolute atomic E-state index is 10.2. The molecular formula is C20H25N3O6. The van der Waals surface area contributed by atoms with E-state index in [4.69, 9.17) is 9.47 Å². The van der Waals surface area contributed by atoms with Crippen LogP contribution in [0.25, 0.3) is 0 Å². The van der Waals surface area contributed by atoms with Crippen LogP contribution in [0.15, 0.2) is 24.3 Å². The summed E-state index contributed by atoms with van der Waals surface area (Å²) < 4.78 is 11.2. The number of aliphatic hydroxyl groups is 4. The predicted molar refractivity (Wildman–Crippen MR) is 101 cm³/mol. The Balaban J connectivity index is 1.91. The highest BCUT2D eigenvalue weighted by molar-refractivity contribution is 5.44. The van der Waals surface area contributed by atoms with Crippen molar-refractivity contribution >= 4 is 0 Å². The van der Waals surface area contributed by atoms with Crippen molar-refractivity contribution < 1.29 is 29.9 Å². The number of aliphatic hydroxyl groups excluding tert-OH is 4. The monoisotopic (exact) mass is 403 g/mol. The normalized spacial score (nSPS) is 27.0. The molecule has 0 spiro atoms. The lowest BCUT2D eigenvalue weighted by molar-refractivity contribution is -0.278. The van der Waals surface area contributed by atoms with Crippen LogP contribution in [0.3, 0.4) is 0 Å². The second kappa shape index (κ2) is 8.90. The van der Waals surface area contributed by atoms with E-state index in [1.807, 2.05) is 26.0 Å². The number of aromatic nitrogens is 2. The van der Waals surface area contributed by atoms with Gasteiger partial charge in [-0.05, 0) is 17.5 Å². The molecule has 5 atom stereocenters. The Labute approximate surface area is 168 Å². The van der Waals surface area contributed by atoms with Gasteiger partial charge in [0.25, 0.3) is 0 Å². The lowest BCUT2D eigenvalue weighted by Gasteiger charge is -2.39. The first kappa shape index (κ1) is 21.2. The Kier molecular flexibility index (Phi) is 6.52. The summed E-state index contributed by atoms with van der Waals surface area (Å²) in [6.45, 7) is 3.40. The van der Waals surface area contributed by atoms with E-state index in [0.29, 0.717) is 17.5 Å². The molecule has 1 fully saturated rings. The van der Waals surface area contributed by atoms with Gasteiger partial charge in [0.2, 0.25) is 12.2 Å². The molecule has 156 valence electrons. The number of aromatic amines is 1. The summed E-state index contributed by atoms with van der Waals surface area (Å²) in [5.41, 5.74) is 2.82. The third-order valence-corrected chi connectivity index (χ3v) is 5.02. The van der Waals surface area contributed by atoms with Crippen LogP contribution < -0.4 is 4.74 Å². The minimum Gasteiger partial charge on any atom is -0.443 e. The number of nitriles is 1. The molecule has 0 radical (unpaired) electrons. The average molecular weight is 403 g/mol. The Morgan fingerprint density at radius 2 is 1.93 bits per heavy atom. The molecule has 1 aromatic heterocycles. The van der Waals surface area contributed by atoms with Gasteiger partial charge in [-0.3, -0.25) is 5.10 Å². The summed E-state index contributed by atoms with van der Waals surface area (Å²) in [6, 6.07) is 9.35. The van der Waals surface area contributed by atoms with Gasteiger partial charge in [0.05, 0.1) is 18.2 Å². The molecule has 9 heteroatoms. The molecule has 3 rings (SSSR count). The van der Waals surface area contributed by atoms with E-state index in [0.717, 1.165) is 11.3 Å². The standard InChI is InChI=1S/C20H25N3O6/c1-10(2)15-13(7-11-5-3-4-6-12(11)8-21)19(23-22-15)29-20-18(27)17(26)16(25)14(9-24)28-20/h3-6,10,14,16-18,20,24-27H,7,9H2,1-2H3,(H,22,23)/t14-,16-,17+,18-,20+/m1/s1. The van der Waals surface area contributed by atoms with Crippen molar-refractivity contribution in [2.45, 2.75) is 56.9 Å².